The van der Waals surface area contributed by atoms with Crippen LogP contribution in [0.1, 0.15) is 39.3 Å². The highest BCUT2D eigenvalue weighted by molar-refractivity contribution is 7.09. The van der Waals surface area contributed by atoms with E-state index < -0.39 is 0 Å². The third-order valence-electron chi connectivity index (χ3n) is 5.37. The van der Waals surface area contributed by atoms with E-state index in [1.807, 2.05) is 36.1 Å². The number of carbonyl (C=O) groups is 1. The molecule has 0 unspecified atom stereocenters. The molecule has 1 aliphatic rings. The van der Waals surface area contributed by atoms with Gasteiger partial charge >= 0.3 is 0 Å². The molecule has 2 heterocycles. The minimum Gasteiger partial charge on any atom is -0.345 e. The quantitative estimate of drug-likeness (QED) is 0.655. The van der Waals surface area contributed by atoms with Gasteiger partial charge in [-0.3, -0.25) is 4.79 Å². The molecule has 1 saturated heterocycles. The molecule has 0 saturated carbocycles. The number of benzene rings is 2. The van der Waals surface area contributed by atoms with Crippen molar-refractivity contribution in [3.05, 3.63) is 76.6 Å². The van der Waals surface area contributed by atoms with Crippen LogP contribution in [0.4, 0.5) is 5.13 Å². The van der Waals surface area contributed by atoms with Crippen molar-refractivity contribution < 1.29 is 4.79 Å². The fourth-order valence-corrected chi connectivity index (χ4v) is 4.37. The van der Waals surface area contributed by atoms with Crippen LogP contribution in [0, 0.1) is 13.8 Å². The van der Waals surface area contributed by atoms with Gasteiger partial charge in [-0.25, -0.2) is 4.98 Å². The Labute approximate surface area is 176 Å². The number of aryl methyl sites for hydroxylation is 2. The molecule has 0 aliphatic carbocycles. The second-order valence-electron chi connectivity index (χ2n) is 7.60. The smallest absolute Gasteiger partial charge is 0.254 e. The maximum Gasteiger partial charge on any atom is 0.254 e. The summed E-state index contributed by atoms with van der Waals surface area (Å²) in [5, 5.41) is 0.956. The normalized spacial score (nSPS) is 14.7. The topological polar surface area (TPSA) is 49.3 Å². The first-order valence-corrected chi connectivity index (χ1v) is 10.9. The van der Waals surface area contributed by atoms with Crippen molar-refractivity contribution in [3.63, 3.8) is 0 Å². The van der Waals surface area contributed by atoms with Gasteiger partial charge in [0.05, 0.1) is 0 Å². The summed E-state index contributed by atoms with van der Waals surface area (Å²) in [6, 6.07) is 16.3. The van der Waals surface area contributed by atoms with Gasteiger partial charge in [0.25, 0.3) is 5.91 Å². The monoisotopic (exact) mass is 406 g/mol. The molecule has 6 heteroatoms. The number of hydrogen-bond donors (Lipinski definition) is 0. The van der Waals surface area contributed by atoms with Crippen molar-refractivity contribution in [3.8, 4) is 0 Å². The number of carbonyl (C=O) groups excluding carboxylic acids is 1. The van der Waals surface area contributed by atoms with Crippen LogP contribution in [0.5, 0.6) is 0 Å². The van der Waals surface area contributed by atoms with Gasteiger partial charge in [0.2, 0.25) is 5.13 Å². The van der Waals surface area contributed by atoms with Gasteiger partial charge in [-0.15, -0.1) is 0 Å². The molecule has 1 aromatic heterocycles. The van der Waals surface area contributed by atoms with Crippen molar-refractivity contribution in [2.45, 2.75) is 26.7 Å². The zero-order chi connectivity index (χ0) is 20.2. The lowest BCUT2D eigenvalue weighted by Gasteiger charge is -2.22. The molecule has 0 atom stereocenters. The van der Waals surface area contributed by atoms with Crippen molar-refractivity contribution >= 4 is 22.6 Å². The van der Waals surface area contributed by atoms with Crippen molar-refractivity contribution in [2.24, 2.45) is 0 Å². The predicted molar refractivity (Wildman–Crippen MR) is 118 cm³/mol. The molecule has 1 aliphatic heterocycles. The predicted octanol–water partition coefficient (Wildman–Crippen LogP) is 4.10. The molecule has 1 amide bonds. The Balaban J connectivity index is 1.40. The van der Waals surface area contributed by atoms with Crippen LogP contribution in [-0.2, 0) is 6.42 Å². The third-order valence-corrected chi connectivity index (χ3v) is 6.18. The number of anilines is 1. The number of rotatable bonds is 4. The van der Waals surface area contributed by atoms with E-state index in [1.54, 1.807) is 0 Å². The Morgan fingerprint density at radius 1 is 1.00 bits per heavy atom. The van der Waals surface area contributed by atoms with Crippen LogP contribution < -0.4 is 4.90 Å². The van der Waals surface area contributed by atoms with E-state index in [1.165, 1.54) is 22.7 Å². The van der Waals surface area contributed by atoms with E-state index in [2.05, 4.69) is 40.5 Å². The first-order valence-electron chi connectivity index (χ1n) is 10.1. The Morgan fingerprint density at radius 2 is 1.79 bits per heavy atom. The van der Waals surface area contributed by atoms with Crippen LogP contribution in [0.15, 0.2) is 48.5 Å². The zero-order valence-corrected chi connectivity index (χ0v) is 17.8. The maximum atomic E-state index is 12.9. The lowest BCUT2D eigenvalue weighted by atomic mass is 10.1. The average Bonchev–Trinajstić information content (AvgIpc) is 3.04. The van der Waals surface area contributed by atoms with Crippen molar-refractivity contribution in [1.29, 1.82) is 0 Å². The number of aromatic nitrogens is 2. The molecule has 4 rings (SSSR count). The molecule has 0 radical (unpaired) electrons. The van der Waals surface area contributed by atoms with Crippen LogP contribution in [0.25, 0.3) is 0 Å². The minimum absolute atomic E-state index is 0.127. The minimum atomic E-state index is 0.127. The molecule has 0 spiro atoms. The average molecular weight is 407 g/mol. The van der Waals surface area contributed by atoms with Gasteiger partial charge in [0, 0.05) is 49.7 Å². The molecule has 3 aromatic rings. The molecular weight excluding hydrogens is 380 g/mol. The fourth-order valence-electron chi connectivity index (χ4n) is 3.63. The van der Waals surface area contributed by atoms with Gasteiger partial charge in [0.15, 0.2) is 0 Å². The van der Waals surface area contributed by atoms with E-state index in [9.17, 15) is 4.79 Å². The Bertz CT molecular complexity index is 983. The first-order chi connectivity index (χ1) is 14.1. The van der Waals surface area contributed by atoms with Crippen LogP contribution in [-0.4, -0.2) is 46.3 Å². The van der Waals surface area contributed by atoms with Crippen molar-refractivity contribution in [2.75, 3.05) is 31.1 Å². The van der Waals surface area contributed by atoms with E-state index in [0.29, 0.717) is 6.54 Å². The summed E-state index contributed by atoms with van der Waals surface area (Å²) in [6.45, 7) is 7.26. The van der Waals surface area contributed by atoms with E-state index >= 15 is 0 Å². The highest BCUT2D eigenvalue weighted by Crippen LogP contribution is 2.21. The molecule has 1 fully saturated rings. The summed E-state index contributed by atoms with van der Waals surface area (Å²) in [5.74, 6) is 0.994. The van der Waals surface area contributed by atoms with Crippen LogP contribution in [0.3, 0.4) is 0 Å². The lowest BCUT2D eigenvalue weighted by molar-refractivity contribution is 0.0766. The third kappa shape index (κ3) is 4.65. The standard InChI is InChI=1S/C23H26N4OS/c1-17-8-10-19(11-9-17)16-21-24-23(29-25-21)27-13-5-12-26(14-15-27)22(28)20-7-4-3-6-18(20)2/h3-4,6-11H,5,12-16H2,1-2H3. The van der Waals surface area contributed by atoms with E-state index in [-0.39, 0.29) is 5.91 Å². The number of nitrogens with zero attached hydrogens (tertiary/aromatic N) is 4. The highest BCUT2D eigenvalue weighted by atomic mass is 32.1. The van der Waals surface area contributed by atoms with Gasteiger partial charge < -0.3 is 9.80 Å². The summed E-state index contributed by atoms with van der Waals surface area (Å²) >= 11 is 1.46. The molecular formula is C23H26N4OS. The lowest BCUT2D eigenvalue weighted by Crippen LogP contribution is -2.35. The van der Waals surface area contributed by atoms with E-state index in [0.717, 1.165) is 54.6 Å². The molecule has 5 nitrogen and oxygen atoms in total. The molecule has 0 N–H and O–H groups in total. The van der Waals surface area contributed by atoms with Gasteiger partial charge in [-0.05, 0) is 37.5 Å². The Hall–Kier alpha value is -2.73. The number of amides is 1. The summed E-state index contributed by atoms with van der Waals surface area (Å²) in [7, 11) is 0. The first kappa shape index (κ1) is 19.6. The van der Waals surface area contributed by atoms with Crippen LogP contribution >= 0.6 is 11.5 Å². The van der Waals surface area contributed by atoms with Gasteiger partial charge in [0.1, 0.15) is 5.82 Å². The molecule has 150 valence electrons. The Morgan fingerprint density at radius 3 is 2.59 bits per heavy atom. The largest absolute Gasteiger partial charge is 0.345 e. The summed E-state index contributed by atoms with van der Waals surface area (Å²) in [4.78, 5) is 21.9. The summed E-state index contributed by atoms with van der Waals surface area (Å²) < 4.78 is 4.56. The molecule has 2 aromatic carbocycles. The molecule has 29 heavy (non-hydrogen) atoms. The Kier molecular flexibility index (Phi) is 5.90. The number of hydrogen-bond acceptors (Lipinski definition) is 5. The fraction of sp³-hybridized carbons (Fsp3) is 0.348. The zero-order valence-electron chi connectivity index (χ0n) is 17.0. The maximum absolute atomic E-state index is 12.9. The summed E-state index contributed by atoms with van der Waals surface area (Å²) in [5.41, 5.74) is 4.32. The van der Waals surface area contributed by atoms with Gasteiger partial charge in [-0.2, -0.15) is 4.37 Å². The van der Waals surface area contributed by atoms with E-state index in [4.69, 9.17) is 4.98 Å². The SMILES string of the molecule is Cc1ccc(Cc2nsc(N3CCCN(C(=O)c4ccccc4C)CC3)n2)cc1. The highest BCUT2D eigenvalue weighted by Gasteiger charge is 2.23. The second kappa shape index (κ2) is 8.74. The summed E-state index contributed by atoms with van der Waals surface area (Å²) in [6.07, 6.45) is 1.69. The van der Waals surface area contributed by atoms with Crippen molar-refractivity contribution in [1.82, 2.24) is 14.3 Å². The van der Waals surface area contributed by atoms with Crippen LogP contribution in [0.2, 0.25) is 0 Å². The molecule has 0 bridgehead atoms. The second-order valence-corrected chi connectivity index (χ2v) is 8.33. The van der Waals surface area contributed by atoms with Gasteiger partial charge in [-0.1, -0.05) is 48.0 Å².